The molecule has 88 valence electrons. The van der Waals surface area contributed by atoms with Gasteiger partial charge in [0.2, 0.25) is 0 Å². The molecule has 1 unspecified atom stereocenters. The summed E-state index contributed by atoms with van der Waals surface area (Å²) in [6, 6.07) is 5.66. The van der Waals surface area contributed by atoms with Gasteiger partial charge in [-0.3, -0.25) is 4.40 Å². The molecule has 2 heterocycles. The normalized spacial score (nSPS) is 12.5. The predicted molar refractivity (Wildman–Crippen MR) is 62.4 cm³/mol. The van der Waals surface area contributed by atoms with Gasteiger partial charge in [0.05, 0.1) is 5.56 Å². The largest absolute Gasteiger partial charge is 0.384 e. The molecule has 0 amide bonds. The highest BCUT2D eigenvalue weighted by Gasteiger charge is 2.10. The monoisotopic (exact) mass is 230 g/mol. The van der Waals surface area contributed by atoms with Gasteiger partial charge in [-0.1, -0.05) is 6.92 Å². The average Bonchev–Trinajstić information content (AvgIpc) is 2.72. The summed E-state index contributed by atoms with van der Waals surface area (Å²) in [6.07, 6.45) is 2.55. The molecule has 2 aromatic heterocycles. The highest BCUT2D eigenvalue weighted by atomic mass is 16.5. The maximum atomic E-state index is 8.87. The summed E-state index contributed by atoms with van der Waals surface area (Å²) in [7, 11) is 1.69. The van der Waals surface area contributed by atoms with E-state index >= 15 is 0 Å². The lowest BCUT2D eigenvalue weighted by Gasteiger charge is -2.08. The molecule has 0 aromatic carbocycles. The van der Waals surface area contributed by atoms with E-state index in [1.807, 2.05) is 4.40 Å². The number of hydrogen-bond acceptors (Lipinski definition) is 4. The molecule has 0 saturated heterocycles. The SMILES string of the molecule is COCC(C)Cc1nnc2ccc(C#N)cn12. The summed E-state index contributed by atoms with van der Waals surface area (Å²) in [6.45, 7) is 2.78. The molecule has 0 saturated carbocycles. The molecule has 2 rings (SSSR count). The third-order valence-corrected chi connectivity index (χ3v) is 2.58. The van der Waals surface area contributed by atoms with Gasteiger partial charge in [0.25, 0.3) is 0 Å². The second kappa shape index (κ2) is 4.93. The topological polar surface area (TPSA) is 63.2 Å². The first-order valence-electron chi connectivity index (χ1n) is 5.47. The van der Waals surface area contributed by atoms with E-state index in [0.717, 1.165) is 17.9 Å². The minimum absolute atomic E-state index is 0.373. The van der Waals surface area contributed by atoms with E-state index in [4.69, 9.17) is 10.00 Å². The van der Waals surface area contributed by atoms with Crippen molar-refractivity contribution in [1.29, 1.82) is 5.26 Å². The number of pyridine rings is 1. The molecular weight excluding hydrogens is 216 g/mol. The summed E-state index contributed by atoms with van der Waals surface area (Å²) in [5.74, 6) is 1.24. The third-order valence-electron chi connectivity index (χ3n) is 2.58. The van der Waals surface area contributed by atoms with Gasteiger partial charge in [-0.25, -0.2) is 0 Å². The van der Waals surface area contributed by atoms with Gasteiger partial charge in [-0.15, -0.1) is 10.2 Å². The number of nitriles is 1. The molecule has 0 bridgehead atoms. The van der Waals surface area contributed by atoms with Gasteiger partial charge >= 0.3 is 0 Å². The van der Waals surface area contributed by atoms with Crippen LogP contribution in [-0.4, -0.2) is 28.3 Å². The fourth-order valence-corrected chi connectivity index (χ4v) is 1.80. The van der Waals surface area contributed by atoms with Gasteiger partial charge in [0.15, 0.2) is 5.65 Å². The number of nitrogens with zero attached hydrogens (tertiary/aromatic N) is 4. The van der Waals surface area contributed by atoms with Gasteiger partial charge in [0, 0.05) is 26.3 Å². The van der Waals surface area contributed by atoms with E-state index in [0.29, 0.717) is 18.1 Å². The van der Waals surface area contributed by atoms with Gasteiger partial charge < -0.3 is 4.74 Å². The van der Waals surface area contributed by atoms with E-state index in [1.54, 1.807) is 25.4 Å². The van der Waals surface area contributed by atoms with Crippen molar-refractivity contribution < 1.29 is 4.74 Å². The summed E-state index contributed by atoms with van der Waals surface area (Å²) in [5.41, 5.74) is 1.38. The maximum absolute atomic E-state index is 8.87. The zero-order valence-corrected chi connectivity index (χ0v) is 9.92. The Morgan fingerprint density at radius 1 is 1.47 bits per heavy atom. The zero-order chi connectivity index (χ0) is 12.3. The Morgan fingerprint density at radius 3 is 3.00 bits per heavy atom. The van der Waals surface area contributed by atoms with Crippen LogP contribution in [0.15, 0.2) is 18.3 Å². The van der Waals surface area contributed by atoms with Crippen molar-refractivity contribution in [3.63, 3.8) is 0 Å². The van der Waals surface area contributed by atoms with E-state index in [2.05, 4.69) is 23.2 Å². The lowest BCUT2D eigenvalue weighted by atomic mass is 10.1. The number of aromatic nitrogens is 3. The van der Waals surface area contributed by atoms with Crippen LogP contribution in [-0.2, 0) is 11.2 Å². The van der Waals surface area contributed by atoms with Crippen molar-refractivity contribution >= 4 is 5.65 Å². The summed E-state index contributed by atoms with van der Waals surface area (Å²) < 4.78 is 6.97. The van der Waals surface area contributed by atoms with Crippen LogP contribution in [0.2, 0.25) is 0 Å². The van der Waals surface area contributed by atoms with Crippen molar-refractivity contribution in [3.8, 4) is 6.07 Å². The molecule has 0 aliphatic heterocycles. The fourth-order valence-electron chi connectivity index (χ4n) is 1.80. The first-order chi connectivity index (χ1) is 8.24. The van der Waals surface area contributed by atoms with E-state index in [1.165, 1.54) is 0 Å². The molecule has 1 atom stereocenters. The smallest absolute Gasteiger partial charge is 0.160 e. The molecule has 17 heavy (non-hydrogen) atoms. The predicted octanol–water partition coefficient (Wildman–Crippen LogP) is 1.43. The van der Waals surface area contributed by atoms with Gasteiger partial charge in [-0.2, -0.15) is 5.26 Å². The van der Waals surface area contributed by atoms with Crippen LogP contribution in [0.3, 0.4) is 0 Å². The summed E-state index contributed by atoms with van der Waals surface area (Å²) >= 11 is 0. The highest BCUT2D eigenvalue weighted by molar-refractivity contribution is 5.42. The summed E-state index contributed by atoms with van der Waals surface area (Å²) in [5, 5.41) is 17.1. The molecule has 0 fully saturated rings. The molecule has 0 N–H and O–H groups in total. The van der Waals surface area contributed by atoms with Crippen LogP contribution < -0.4 is 0 Å². The minimum Gasteiger partial charge on any atom is -0.384 e. The van der Waals surface area contributed by atoms with Gasteiger partial charge in [0.1, 0.15) is 11.9 Å². The van der Waals surface area contributed by atoms with Crippen LogP contribution in [0, 0.1) is 17.2 Å². The molecule has 0 spiro atoms. The minimum atomic E-state index is 0.373. The summed E-state index contributed by atoms with van der Waals surface area (Å²) in [4.78, 5) is 0. The number of rotatable bonds is 4. The lowest BCUT2D eigenvalue weighted by Crippen LogP contribution is -2.09. The van der Waals surface area contributed by atoms with E-state index in [-0.39, 0.29) is 0 Å². The number of ether oxygens (including phenoxy) is 1. The maximum Gasteiger partial charge on any atom is 0.160 e. The van der Waals surface area contributed by atoms with Crippen LogP contribution >= 0.6 is 0 Å². The Hall–Kier alpha value is -1.93. The van der Waals surface area contributed by atoms with Crippen molar-refractivity contribution in [2.24, 2.45) is 5.92 Å². The van der Waals surface area contributed by atoms with Crippen LogP contribution in [0.1, 0.15) is 18.3 Å². The molecular formula is C12H14N4O. The van der Waals surface area contributed by atoms with Crippen molar-refractivity contribution in [2.45, 2.75) is 13.3 Å². The number of fused-ring (bicyclic) bond motifs is 1. The molecule has 5 nitrogen and oxygen atoms in total. The standard InChI is InChI=1S/C12H14N4O/c1-9(8-17-2)5-12-15-14-11-4-3-10(6-13)7-16(11)12/h3-4,7,9H,5,8H2,1-2H3. The molecule has 0 aliphatic rings. The molecule has 5 heteroatoms. The molecule has 0 aliphatic carbocycles. The second-order valence-electron chi connectivity index (χ2n) is 4.14. The lowest BCUT2D eigenvalue weighted by molar-refractivity contribution is 0.158. The quantitative estimate of drug-likeness (QED) is 0.797. The van der Waals surface area contributed by atoms with Crippen LogP contribution in [0.25, 0.3) is 5.65 Å². The average molecular weight is 230 g/mol. The van der Waals surface area contributed by atoms with E-state index in [9.17, 15) is 0 Å². The van der Waals surface area contributed by atoms with Crippen molar-refractivity contribution in [1.82, 2.24) is 14.6 Å². The Labute approximate surface area is 99.7 Å². The van der Waals surface area contributed by atoms with E-state index < -0.39 is 0 Å². The Kier molecular flexibility index (Phi) is 3.35. The third kappa shape index (κ3) is 2.43. The Bertz CT molecular complexity index is 555. The molecule has 0 radical (unpaired) electrons. The zero-order valence-electron chi connectivity index (χ0n) is 9.92. The van der Waals surface area contributed by atoms with Gasteiger partial charge in [-0.05, 0) is 18.1 Å². The number of methoxy groups -OCH3 is 1. The number of hydrogen-bond donors (Lipinski definition) is 0. The second-order valence-corrected chi connectivity index (χ2v) is 4.14. The van der Waals surface area contributed by atoms with Crippen LogP contribution in [0.5, 0.6) is 0 Å². The highest BCUT2D eigenvalue weighted by Crippen LogP contribution is 2.10. The van der Waals surface area contributed by atoms with Crippen molar-refractivity contribution in [3.05, 3.63) is 29.7 Å². The molecule has 2 aromatic rings. The fraction of sp³-hybridized carbons (Fsp3) is 0.417. The Morgan fingerprint density at radius 2 is 2.29 bits per heavy atom. The van der Waals surface area contributed by atoms with Crippen LogP contribution in [0.4, 0.5) is 0 Å². The first kappa shape index (κ1) is 11.6. The Balaban J connectivity index is 2.31. The van der Waals surface area contributed by atoms with Crippen molar-refractivity contribution in [2.75, 3.05) is 13.7 Å². The first-order valence-corrected chi connectivity index (χ1v) is 5.47.